The number of amides is 6. The average molecular weight is 671 g/mol. The molecule has 1 unspecified atom stereocenters. The normalized spacial score (nSPS) is 18.2. The molecule has 0 saturated carbocycles. The highest BCUT2D eigenvalue weighted by molar-refractivity contribution is 7.51. The molecule has 258 valence electrons. The molecule has 1 aromatic heterocycles. The summed E-state index contributed by atoms with van der Waals surface area (Å²) in [4.78, 5) is 104. The molecule has 9 N–H and O–H groups in total. The van der Waals surface area contributed by atoms with Crippen molar-refractivity contribution in [2.24, 2.45) is 17.6 Å². The number of carbonyl (C=O) groups excluding carboxylic acids is 6. The molecule has 1 fully saturated rings. The van der Waals surface area contributed by atoms with Gasteiger partial charge < -0.3 is 46.7 Å². The molecule has 17 nitrogen and oxygen atoms in total. The third kappa shape index (κ3) is 12.2. The monoisotopic (exact) mass is 670 g/mol. The Bertz CT molecular complexity index is 1290. The smallest absolute Gasteiger partial charge is 0.325 e. The van der Waals surface area contributed by atoms with Crippen molar-refractivity contribution in [1.82, 2.24) is 36.1 Å². The number of aromatic amines is 1. The predicted molar refractivity (Wildman–Crippen MR) is 165 cm³/mol. The van der Waals surface area contributed by atoms with Gasteiger partial charge in [0.1, 0.15) is 30.2 Å². The molecular formula is C28H47N8O9P. The lowest BCUT2D eigenvalue weighted by molar-refractivity contribution is -0.138. The van der Waals surface area contributed by atoms with E-state index in [9.17, 15) is 43.1 Å². The number of imidazole rings is 1. The molecule has 1 aromatic rings. The summed E-state index contributed by atoms with van der Waals surface area (Å²) in [6.07, 6.45) is 4.05. The van der Waals surface area contributed by atoms with Gasteiger partial charge >= 0.3 is 7.60 Å². The summed E-state index contributed by atoms with van der Waals surface area (Å²) in [6.45, 7) is 8.23. The molecule has 0 aromatic carbocycles. The Morgan fingerprint density at radius 2 is 1.67 bits per heavy atom. The van der Waals surface area contributed by atoms with Gasteiger partial charge in [0.2, 0.25) is 35.4 Å². The van der Waals surface area contributed by atoms with Crippen molar-refractivity contribution in [3.05, 3.63) is 18.2 Å². The van der Waals surface area contributed by atoms with E-state index in [0.29, 0.717) is 31.5 Å². The lowest BCUT2D eigenvalue weighted by Crippen LogP contribution is -2.59. The zero-order valence-corrected chi connectivity index (χ0v) is 27.7. The number of likely N-dealkylation sites (tertiary alicyclic amines) is 1. The van der Waals surface area contributed by atoms with Crippen LogP contribution in [0.5, 0.6) is 0 Å². The maximum atomic E-state index is 13.5. The molecule has 0 bridgehead atoms. The third-order valence-corrected chi connectivity index (χ3v) is 8.69. The molecule has 0 radical (unpaired) electrons. The third-order valence-electron chi connectivity index (χ3n) is 7.64. The summed E-state index contributed by atoms with van der Waals surface area (Å²) < 4.78 is 11.4. The van der Waals surface area contributed by atoms with E-state index in [0.717, 1.165) is 0 Å². The quantitative estimate of drug-likeness (QED) is 0.0904. The van der Waals surface area contributed by atoms with E-state index in [1.165, 1.54) is 32.0 Å². The summed E-state index contributed by atoms with van der Waals surface area (Å²) in [7, 11) is -4.52. The van der Waals surface area contributed by atoms with E-state index < -0.39 is 79.4 Å². The van der Waals surface area contributed by atoms with Crippen LogP contribution in [-0.4, -0.2) is 103 Å². The number of nitrogens with one attached hydrogen (secondary N) is 5. The lowest BCUT2D eigenvalue weighted by Gasteiger charge is -2.28. The van der Waals surface area contributed by atoms with Gasteiger partial charge in [0.05, 0.1) is 12.5 Å². The second-order valence-corrected chi connectivity index (χ2v) is 13.9. The zero-order valence-electron chi connectivity index (χ0n) is 26.8. The molecular weight excluding hydrogens is 623 g/mol. The van der Waals surface area contributed by atoms with Crippen molar-refractivity contribution in [2.75, 3.05) is 12.7 Å². The first-order chi connectivity index (χ1) is 21.4. The number of aryl methyl sites for hydroxylation is 1. The summed E-state index contributed by atoms with van der Waals surface area (Å²) in [6, 6.07) is -5.55. The van der Waals surface area contributed by atoms with Gasteiger partial charge in [-0.05, 0) is 50.9 Å². The molecule has 2 rings (SSSR count). The van der Waals surface area contributed by atoms with Gasteiger partial charge in [-0.25, -0.2) is 4.98 Å². The molecule has 6 atom stereocenters. The topological polar surface area (TPSA) is 266 Å². The summed E-state index contributed by atoms with van der Waals surface area (Å²) in [5, 5.41) is 10.3. The number of H-pyrrole nitrogens is 1. The van der Waals surface area contributed by atoms with E-state index in [2.05, 4.69) is 31.2 Å². The van der Waals surface area contributed by atoms with Crippen LogP contribution in [0.2, 0.25) is 0 Å². The molecule has 0 spiro atoms. The van der Waals surface area contributed by atoms with Crippen LogP contribution >= 0.6 is 7.60 Å². The van der Waals surface area contributed by atoms with Crippen molar-refractivity contribution < 1.29 is 43.1 Å². The molecule has 46 heavy (non-hydrogen) atoms. The molecule has 1 aliphatic heterocycles. The Hall–Kier alpha value is -3.82. The van der Waals surface area contributed by atoms with Crippen LogP contribution in [0, 0.1) is 11.8 Å². The number of rotatable bonds is 17. The summed E-state index contributed by atoms with van der Waals surface area (Å²) >= 11 is 0. The van der Waals surface area contributed by atoms with Crippen LogP contribution in [0.15, 0.2) is 12.5 Å². The van der Waals surface area contributed by atoms with Crippen molar-refractivity contribution in [2.45, 2.75) is 96.9 Å². The molecule has 1 saturated heterocycles. The van der Waals surface area contributed by atoms with Gasteiger partial charge in [-0.2, -0.15) is 0 Å². The maximum absolute atomic E-state index is 13.5. The summed E-state index contributed by atoms with van der Waals surface area (Å²) in [5.41, 5.74) is 6.04. The fourth-order valence-electron chi connectivity index (χ4n) is 5.28. The number of carbonyl (C=O) groups is 6. The number of nitrogens with zero attached hydrogens (tertiary/aromatic N) is 2. The van der Waals surface area contributed by atoms with E-state index in [1.54, 1.807) is 6.20 Å². The van der Waals surface area contributed by atoms with E-state index >= 15 is 0 Å². The van der Waals surface area contributed by atoms with Gasteiger partial charge in [-0.15, -0.1) is 0 Å². The zero-order chi connectivity index (χ0) is 34.8. The number of aromatic nitrogens is 2. The van der Waals surface area contributed by atoms with E-state index in [-0.39, 0.29) is 24.7 Å². The molecule has 0 aliphatic carbocycles. The highest BCUT2D eigenvalue weighted by Crippen LogP contribution is 2.37. The number of hydrogen-bond donors (Lipinski definition) is 8. The van der Waals surface area contributed by atoms with Crippen LogP contribution < -0.4 is 27.0 Å². The highest BCUT2D eigenvalue weighted by atomic mass is 31.2. The van der Waals surface area contributed by atoms with E-state index in [4.69, 9.17) is 5.73 Å². The van der Waals surface area contributed by atoms with Crippen molar-refractivity contribution >= 4 is 43.0 Å². The minimum atomic E-state index is -4.52. The Balaban J connectivity index is 2.18. The highest BCUT2D eigenvalue weighted by Gasteiger charge is 2.36. The van der Waals surface area contributed by atoms with Crippen molar-refractivity contribution in [1.29, 1.82) is 0 Å². The number of hydrogen-bond acceptors (Lipinski definition) is 8. The number of nitrogens with two attached hydrogens (primary N) is 1. The fraction of sp³-hybridized carbons (Fsp3) is 0.679. The largest absolute Gasteiger partial charge is 0.368 e. The molecule has 18 heteroatoms. The molecule has 6 amide bonds. The van der Waals surface area contributed by atoms with Crippen molar-refractivity contribution in [3.8, 4) is 0 Å². The van der Waals surface area contributed by atoms with Gasteiger partial charge in [0.25, 0.3) is 0 Å². The first kappa shape index (κ1) is 38.4. The Morgan fingerprint density at radius 1 is 1.02 bits per heavy atom. The summed E-state index contributed by atoms with van der Waals surface area (Å²) in [5.74, 6) is -4.95. The second kappa shape index (κ2) is 17.2. The number of primary amides is 1. The Kier molecular flexibility index (Phi) is 14.3. The standard InChI is InChI=1S/C28H47N8O9P/c1-15(2)11-21(34-28(42)22-7-6-10-36(22)18(5)37)27(41)33-20(9-8-19-12-30-14-31-19)26(40)32-17(4)25(39)35-23(24(29)38)16(3)13-46(43,44)45/h12,14-17,20-23H,6-11,13H2,1-5H3,(H2,29,38)(H,30,31)(H,32,40)(H,33,41)(H,34,42)(H,35,39)(H2,43,44,45)/t16?,17-,20-,21-,22-,23-/m0/s1. The second-order valence-electron chi connectivity index (χ2n) is 12.2. The maximum Gasteiger partial charge on any atom is 0.325 e. The minimum Gasteiger partial charge on any atom is -0.368 e. The Morgan fingerprint density at radius 3 is 2.22 bits per heavy atom. The van der Waals surface area contributed by atoms with Crippen LogP contribution in [-0.2, 0) is 39.8 Å². The Labute approximate surface area is 267 Å². The van der Waals surface area contributed by atoms with Gasteiger partial charge in [0.15, 0.2) is 0 Å². The van der Waals surface area contributed by atoms with E-state index in [1.807, 2.05) is 13.8 Å². The van der Waals surface area contributed by atoms with Crippen LogP contribution in [0.3, 0.4) is 0 Å². The van der Waals surface area contributed by atoms with Crippen LogP contribution in [0.25, 0.3) is 0 Å². The van der Waals surface area contributed by atoms with Gasteiger partial charge in [-0.1, -0.05) is 20.8 Å². The SMILES string of the molecule is CC(=O)N1CCC[C@H]1C(=O)N[C@@H](CC(C)C)C(=O)N[C@@H](CCc1cnc[nH]1)C(=O)N[C@@H](C)C(=O)N[C@H](C(N)=O)C(C)CP(=O)(O)O. The minimum absolute atomic E-state index is 0.0179. The van der Waals surface area contributed by atoms with Crippen molar-refractivity contribution in [3.63, 3.8) is 0 Å². The first-order valence-corrected chi connectivity index (χ1v) is 17.0. The lowest BCUT2D eigenvalue weighted by atomic mass is 10.0. The van der Waals surface area contributed by atoms with Gasteiger partial charge in [0, 0.05) is 25.4 Å². The van der Waals surface area contributed by atoms with Crippen LogP contribution in [0.1, 0.15) is 66.0 Å². The predicted octanol–water partition coefficient (Wildman–Crippen LogP) is -1.34. The molecule has 1 aliphatic rings. The average Bonchev–Trinajstić information content (AvgIpc) is 3.64. The van der Waals surface area contributed by atoms with Gasteiger partial charge in [-0.3, -0.25) is 33.3 Å². The van der Waals surface area contributed by atoms with Crippen LogP contribution in [0.4, 0.5) is 0 Å². The first-order valence-electron chi connectivity index (χ1n) is 15.2. The molecule has 2 heterocycles. The fourth-order valence-corrected chi connectivity index (χ4v) is 6.24.